The molecular formula is C16H17NO5. The largest absolute Gasteiger partial charge is 0.496 e. The molecule has 3 rings (SSSR count). The predicted molar refractivity (Wildman–Crippen MR) is 78.6 cm³/mol. The lowest BCUT2D eigenvalue weighted by Crippen LogP contribution is -2.08. The number of carboxylic acid groups (broad SMARTS) is 1. The van der Waals surface area contributed by atoms with Crippen LogP contribution in [-0.2, 0) is 12.8 Å². The predicted octanol–water partition coefficient (Wildman–Crippen LogP) is 2.94. The van der Waals surface area contributed by atoms with Gasteiger partial charge in [-0.15, -0.1) is 0 Å². The molecule has 1 N–H and O–H groups in total. The lowest BCUT2D eigenvalue weighted by atomic mass is 9.88. The molecule has 0 fully saturated rings. The third kappa shape index (κ3) is 2.30. The summed E-state index contributed by atoms with van der Waals surface area (Å²) in [6.07, 6.45) is 4.08. The van der Waals surface area contributed by atoms with Gasteiger partial charge in [0.25, 0.3) is 0 Å². The number of hydrogen-bond donors (Lipinski definition) is 1. The van der Waals surface area contributed by atoms with Gasteiger partial charge in [0, 0.05) is 22.8 Å². The summed E-state index contributed by atoms with van der Waals surface area (Å²) in [5.41, 5.74) is 3.40. The normalized spacial score (nSPS) is 13.5. The van der Waals surface area contributed by atoms with Crippen molar-refractivity contribution in [1.29, 1.82) is 0 Å². The molecular weight excluding hydrogens is 286 g/mol. The quantitative estimate of drug-likeness (QED) is 0.935. The van der Waals surface area contributed by atoms with Crippen molar-refractivity contribution < 1.29 is 23.9 Å². The number of methoxy groups -OCH3 is 2. The average molecular weight is 303 g/mol. The zero-order valence-electron chi connectivity index (χ0n) is 12.5. The number of carbonyl (C=O) groups is 1. The lowest BCUT2D eigenvalue weighted by Gasteiger charge is -2.23. The van der Waals surface area contributed by atoms with Gasteiger partial charge in [0.05, 0.1) is 14.2 Å². The number of hydrogen-bond acceptors (Lipinski definition) is 5. The minimum Gasteiger partial charge on any atom is -0.496 e. The van der Waals surface area contributed by atoms with Crippen molar-refractivity contribution in [3.8, 4) is 22.8 Å². The van der Waals surface area contributed by atoms with Gasteiger partial charge in [0.15, 0.2) is 0 Å². The maximum atomic E-state index is 11.0. The molecule has 0 spiro atoms. The van der Waals surface area contributed by atoms with Gasteiger partial charge in [0.2, 0.25) is 5.76 Å². The molecule has 0 unspecified atom stereocenters. The van der Waals surface area contributed by atoms with Crippen LogP contribution < -0.4 is 9.47 Å². The Hall–Kier alpha value is -2.50. The molecule has 0 amide bonds. The van der Waals surface area contributed by atoms with E-state index in [-0.39, 0.29) is 5.76 Å². The average Bonchev–Trinajstić information content (AvgIpc) is 3.03. The summed E-state index contributed by atoms with van der Waals surface area (Å²) in [5, 5.41) is 12.8. The maximum Gasteiger partial charge on any atom is 0.374 e. The number of rotatable bonds is 4. The SMILES string of the molecule is COc1cc(-c2cc(C(=O)O)on2)c(OC)c2c1CCCC2. The Morgan fingerprint density at radius 2 is 1.91 bits per heavy atom. The topological polar surface area (TPSA) is 81.8 Å². The van der Waals surface area contributed by atoms with Crippen molar-refractivity contribution in [2.24, 2.45) is 0 Å². The Labute approximate surface area is 127 Å². The fourth-order valence-corrected chi connectivity index (χ4v) is 2.98. The molecule has 0 saturated carbocycles. The van der Waals surface area contributed by atoms with Crippen LogP contribution in [0.4, 0.5) is 0 Å². The Morgan fingerprint density at radius 3 is 2.50 bits per heavy atom. The van der Waals surface area contributed by atoms with E-state index in [1.807, 2.05) is 6.07 Å². The minimum atomic E-state index is -1.15. The van der Waals surface area contributed by atoms with E-state index < -0.39 is 5.97 Å². The zero-order valence-corrected chi connectivity index (χ0v) is 12.5. The highest BCUT2D eigenvalue weighted by Crippen LogP contribution is 2.43. The third-order valence-corrected chi connectivity index (χ3v) is 3.98. The van der Waals surface area contributed by atoms with Crippen LogP contribution >= 0.6 is 0 Å². The van der Waals surface area contributed by atoms with Crippen molar-refractivity contribution in [1.82, 2.24) is 5.16 Å². The monoisotopic (exact) mass is 303 g/mol. The molecule has 1 aromatic heterocycles. The fourth-order valence-electron chi connectivity index (χ4n) is 2.98. The molecule has 22 heavy (non-hydrogen) atoms. The second-order valence-corrected chi connectivity index (χ2v) is 5.21. The van der Waals surface area contributed by atoms with E-state index in [9.17, 15) is 4.79 Å². The first kappa shape index (κ1) is 14.4. The molecule has 1 aliphatic rings. The molecule has 2 aromatic rings. The van der Waals surface area contributed by atoms with Gasteiger partial charge in [-0.1, -0.05) is 5.16 Å². The smallest absolute Gasteiger partial charge is 0.374 e. The first-order chi connectivity index (χ1) is 10.7. The van der Waals surface area contributed by atoms with Crippen LogP contribution in [0.2, 0.25) is 0 Å². The third-order valence-electron chi connectivity index (χ3n) is 3.98. The molecule has 0 bridgehead atoms. The van der Waals surface area contributed by atoms with Crippen molar-refractivity contribution in [3.63, 3.8) is 0 Å². The Bertz CT molecular complexity index is 720. The van der Waals surface area contributed by atoms with Gasteiger partial charge >= 0.3 is 5.97 Å². The van der Waals surface area contributed by atoms with E-state index >= 15 is 0 Å². The van der Waals surface area contributed by atoms with Crippen molar-refractivity contribution in [2.75, 3.05) is 14.2 Å². The second-order valence-electron chi connectivity index (χ2n) is 5.21. The van der Waals surface area contributed by atoms with E-state index in [1.54, 1.807) is 14.2 Å². The number of aromatic nitrogens is 1. The molecule has 1 aliphatic carbocycles. The first-order valence-electron chi connectivity index (χ1n) is 7.12. The first-order valence-corrected chi connectivity index (χ1v) is 7.12. The van der Waals surface area contributed by atoms with E-state index in [2.05, 4.69) is 5.16 Å². The van der Waals surface area contributed by atoms with E-state index in [0.717, 1.165) is 48.3 Å². The number of fused-ring (bicyclic) bond motifs is 1. The summed E-state index contributed by atoms with van der Waals surface area (Å²) in [4.78, 5) is 11.0. The van der Waals surface area contributed by atoms with Crippen LogP contribution in [0.1, 0.15) is 34.5 Å². The van der Waals surface area contributed by atoms with Gasteiger partial charge in [-0.2, -0.15) is 0 Å². The summed E-state index contributed by atoms with van der Waals surface area (Å²) in [6, 6.07) is 3.24. The van der Waals surface area contributed by atoms with Crippen molar-refractivity contribution in [3.05, 3.63) is 29.0 Å². The van der Waals surface area contributed by atoms with E-state index in [4.69, 9.17) is 19.1 Å². The van der Waals surface area contributed by atoms with Crippen molar-refractivity contribution in [2.45, 2.75) is 25.7 Å². The zero-order chi connectivity index (χ0) is 15.7. The number of carboxylic acids is 1. The van der Waals surface area contributed by atoms with Crippen LogP contribution in [0.5, 0.6) is 11.5 Å². The fraction of sp³-hybridized carbons (Fsp3) is 0.375. The van der Waals surface area contributed by atoms with Crippen LogP contribution in [0, 0.1) is 0 Å². The Balaban J connectivity index is 2.19. The summed E-state index contributed by atoms with van der Waals surface area (Å²) >= 11 is 0. The van der Waals surface area contributed by atoms with E-state index in [1.165, 1.54) is 6.07 Å². The van der Waals surface area contributed by atoms with Crippen LogP contribution in [0.25, 0.3) is 11.3 Å². The van der Waals surface area contributed by atoms with Crippen molar-refractivity contribution >= 4 is 5.97 Å². The van der Waals surface area contributed by atoms with Gasteiger partial charge in [-0.3, -0.25) is 0 Å². The molecule has 1 aromatic carbocycles. The maximum absolute atomic E-state index is 11.0. The van der Waals surface area contributed by atoms with Gasteiger partial charge in [0.1, 0.15) is 17.2 Å². The Morgan fingerprint density at radius 1 is 1.18 bits per heavy atom. The molecule has 116 valence electrons. The summed E-state index contributed by atoms with van der Waals surface area (Å²) in [5.74, 6) is 0.155. The standard InChI is InChI=1S/C16H17NO5/c1-20-13-7-11(12-8-14(16(18)19)22-17-12)15(21-2)10-6-4-3-5-9(10)13/h7-8H,3-6H2,1-2H3,(H,18,19). The minimum absolute atomic E-state index is 0.200. The number of benzene rings is 1. The van der Waals surface area contributed by atoms with Gasteiger partial charge < -0.3 is 19.1 Å². The highest BCUT2D eigenvalue weighted by molar-refractivity contribution is 5.86. The Kier molecular flexibility index (Phi) is 3.75. The number of aromatic carboxylic acids is 1. The molecule has 0 atom stereocenters. The molecule has 6 heteroatoms. The molecule has 0 radical (unpaired) electrons. The molecule has 0 aliphatic heterocycles. The highest BCUT2D eigenvalue weighted by Gasteiger charge is 2.24. The molecule has 0 saturated heterocycles. The summed E-state index contributed by atoms with van der Waals surface area (Å²) in [6.45, 7) is 0. The summed E-state index contributed by atoms with van der Waals surface area (Å²) in [7, 11) is 3.24. The van der Waals surface area contributed by atoms with Gasteiger partial charge in [-0.05, 0) is 31.7 Å². The second kappa shape index (κ2) is 5.71. The van der Waals surface area contributed by atoms with Crippen LogP contribution in [0.3, 0.4) is 0 Å². The van der Waals surface area contributed by atoms with Crippen LogP contribution in [0.15, 0.2) is 16.7 Å². The number of nitrogens with zero attached hydrogens (tertiary/aromatic N) is 1. The lowest BCUT2D eigenvalue weighted by molar-refractivity contribution is 0.0652. The molecule has 6 nitrogen and oxygen atoms in total. The molecule has 1 heterocycles. The van der Waals surface area contributed by atoms with Crippen LogP contribution in [-0.4, -0.2) is 30.5 Å². The highest BCUT2D eigenvalue weighted by atomic mass is 16.5. The number of ether oxygens (including phenoxy) is 2. The van der Waals surface area contributed by atoms with Gasteiger partial charge in [-0.25, -0.2) is 4.79 Å². The summed E-state index contributed by atoms with van der Waals surface area (Å²) < 4.78 is 15.9. The van der Waals surface area contributed by atoms with E-state index in [0.29, 0.717) is 11.3 Å².